The number of carboxylic acid groups (broad SMARTS) is 1. The van der Waals surface area contributed by atoms with Crippen molar-refractivity contribution in [2.24, 2.45) is 0 Å². The smallest absolute Gasteiger partial charge is 0.550 e. The first-order valence-electron chi connectivity index (χ1n) is 1.47. The van der Waals surface area contributed by atoms with Crippen molar-refractivity contribution in [2.75, 3.05) is 0 Å². The molecule has 0 unspecified atom stereocenters. The summed E-state index contributed by atoms with van der Waals surface area (Å²) in [5, 5.41) is 9.26. The van der Waals surface area contributed by atoms with Crippen molar-refractivity contribution in [3.8, 4) is 0 Å². The predicted octanol–water partition coefficient (Wildman–Crippen LogP) is -4.23. The molecule has 0 aromatic heterocycles. The molecule has 0 atom stereocenters. The number of rotatable bonds is 1. The summed E-state index contributed by atoms with van der Waals surface area (Å²) in [4.78, 5) is 9.26. The van der Waals surface area contributed by atoms with Crippen LogP contribution in [0.25, 0.3) is 0 Å². The molecular formula is C3H5BKO2. The van der Waals surface area contributed by atoms with Gasteiger partial charge in [-0.3, -0.25) is 0 Å². The van der Waals surface area contributed by atoms with Crippen LogP contribution in [0.1, 0.15) is 13.3 Å². The molecule has 0 heterocycles. The Morgan fingerprint density at radius 2 is 1.86 bits per heavy atom. The van der Waals surface area contributed by atoms with Crippen LogP contribution in [-0.4, -0.2) is 14.4 Å². The quantitative estimate of drug-likeness (QED) is 0.331. The third-order valence-corrected chi connectivity index (χ3v) is 0.289. The van der Waals surface area contributed by atoms with Crippen molar-refractivity contribution in [1.82, 2.24) is 0 Å². The van der Waals surface area contributed by atoms with Crippen LogP contribution in [-0.2, 0) is 4.79 Å². The molecule has 0 N–H and O–H groups in total. The van der Waals surface area contributed by atoms with E-state index in [0.29, 0.717) is 0 Å². The Hall–Kier alpha value is 1.17. The van der Waals surface area contributed by atoms with Gasteiger partial charge in [-0.25, -0.2) is 0 Å². The Morgan fingerprint density at radius 3 is 1.86 bits per heavy atom. The molecule has 0 fully saturated rings. The molecule has 0 rings (SSSR count). The van der Waals surface area contributed by atoms with E-state index in [1.807, 2.05) is 0 Å². The van der Waals surface area contributed by atoms with Crippen LogP contribution in [0.15, 0.2) is 0 Å². The van der Waals surface area contributed by atoms with Crippen molar-refractivity contribution in [1.29, 1.82) is 0 Å². The first kappa shape index (κ1) is 15.7. The summed E-state index contributed by atoms with van der Waals surface area (Å²) < 4.78 is 0. The average Bonchev–Trinajstić information content (AvgIpc) is 1.38. The molecule has 0 aromatic rings. The van der Waals surface area contributed by atoms with Crippen LogP contribution in [0.3, 0.4) is 0 Å². The minimum atomic E-state index is -0.995. The molecule has 4 heteroatoms. The van der Waals surface area contributed by atoms with Crippen LogP contribution in [0.5, 0.6) is 0 Å². The van der Waals surface area contributed by atoms with Gasteiger partial charge in [0.1, 0.15) is 0 Å². The van der Waals surface area contributed by atoms with Gasteiger partial charge < -0.3 is 9.90 Å². The van der Waals surface area contributed by atoms with Gasteiger partial charge >= 0.3 is 51.4 Å². The molecule has 0 spiro atoms. The summed E-state index contributed by atoms with van der Waals surface area (Å²) in [6, 6.07) is 0. The number of carbonyl (C=O) groups is 1. The Balaban J connectivity index is -0.0000000800. The molecule has 3 radical (unpaired) electrons. The summed E-state index contributed by atoms with van der Waals surface area (Å²) in [7, 11) is 0. The van der Waals surface area contributed by atoms with Crippen LogP contribution < -0.4 is 56.5 Å². The van der Waals surface area contributed by atoms with Crippen LogP contribution >= 0.6 is 0 Å². The zero-order chi connectivity index (χ0) is 4.28. The summed E-state index contributed by atoms with van der Waals surface area (Å²) in [5.74, 6) is -0.995. The fraction of sp³-hybridized carbons (Fsp3) is 0.667. The second kappa shape index (κ2) is 10.2. The maximum atomic E-state index is 9.26. The van der Waals surface area contributed by atoms with E-state index in [2.05, 4.69) is 0 Å². The maximum Gasteiger partial charge on any atom is 1.00 e. The fourth-order valence-corrected chi connectivity index (χ4v) is 0. The van der Waals surface area contributed by atoms with Crippen molar-refractivity contribution < 1.29 is 61.3 Å². The van der Waals surface area contributed by atoms with Crippen LogP contribution in [0, 0.1) is 0 Å². The predicted molar refractivity (Wildman–Crippen MR) is 21.1 cm³/mol. The van der Waals surface area contributed by atoms with Gasteiger partial charge in [-0.05, 0) is 6.42 Å². The molecule has 7 heavy (non-hydrogen) atoms. The number of hydrogen-bond donors (Lipinski definition) is 0. The zero-order valence-electron chi connectivity index (χ0n) is 4.60. The van der Waals surface area contributed by atoms with Gasteiger partial charge in [0.25, 0.3) is 0 Å². The van der Waals surface area contributed by atoms with Gasteiger partial charge in [0, 0.05) is 14.4 Å². The number of aliphatic carboxylic acids is 1. The molecule has 33 valence electrons. The third-order valence-electron chi connectivity index (χ3n) is 0.289. The van der Waals surface area contributed by atoms with E-state index >= 15 is 0 Å². The molecule has 0 aliphatic heterocycles. The van der Waals surface area contributed by atoms with E-state index in [1.54, 1.807) is 0 Å². The van der Waals surface area contributed by atoms with Crippen molar-refractivity contribution in [3.05, 3.63) is 0 Å². The average molecular weight is 123 g/mol. The third kappa shape index (κ3) is 19.1. The number of carbonyl (C=O) groups excluding carboxylic acids is 1. The van der Waals surface area contributed by atoms with Gasteiger partial charge in [0.2, 0.25) is 0 Å². The molecule has 0 aromatic carbocycles. The monoisotopic (exact) mass is 123 g/mol. The maximum absolute atomic E-state index is 9.26. The zero-order valence-corrected chi connectivity index (χ0v) is 7.72. The Bertz CT molecular complexity index is 48.2. The molecule has 2 nitrogen and oxygen atoms in total. The van der Waals surface area contributed by atoms with Gasteiger partial charge in [-0.1, -0.05) is 6.92 Å². The minimum Gasteiger partial charge on any atom is -0.550 e. The molecular weight excluding hydrogens is 118 g/mol. The normalized spacial score (nSPS) is 5.29. The van der Waals surface area contributed by atoms with E-state index in [-0.39, 0.29) is 66.2 Å². The number of carboxylic acids is 1. The van der Waals surface area contributed by atoms with Crippen molar-refractivity contribution >= 4 is 14.4 Å². The fourth-order valence-electron chi connectivity index (χ4n) is 0. The Labute approximate surface area is 87.7 Å². The summed E-state index contributed by atoms with van der Waals surface area (Å²) >= 11 is 0. The SMILES string of the molecule is CCC(=O)[O-].[B].[K+]. The second-order valence-electron chi connectivity index (χ2n) is 0.726. The topological polar surface area (TPSA) is 40.1 Å². The summed E-state index contributed by atoms with van der Waals surface area (Å²) in [6.45, 7) is 1.54. The molecule has 0 aliphatic rings. The standard InChI is InChI=1S/C3H6O2.B.K/c1-2-3(4)5;;/h2H2,1H3,(H,4,5);;/q;;+1/p-1. The molecule has 0 aliphatic carbocycles. The second-order valence-corrected chi connectivity index (χ2v) is 0.726. The molecule has 0 bridgehead atoms. The van der Waals surface area contributed by atoms with Crippen molar-refractivity contribution in [3.63, 3.8) is 0 Å². The van der Waals surface area contributed by atoms with Crippen LogP contribution in [0.4, 0.5) is 0 Å². The summed E-state index contributed by atoms with van der Waals surface area (Å²) in [6.07, 6.45) is 0.111. The number of hydrogen-bond acceptors (Lipinski definition) is 2. The van der Waals surface area contributed by atoms with Gasteiger partial charge in [0.05, 0.1) is 0 Å². The van der Waals surface area contributed by atoms with Crippen LogP contribution in [0.2, 0.25) is 0 Å². The van der Waals surface area contributed by atoms with Gasteiger partial charge in [-0.15, -0.1) is 0 Å². The first-order chi connectivity index (χ1) is 2.27. The Morgan fingerprint density at radius 1 is 1.71 bits per heavy atom. The molecule has 0 amide bonds. The van der Waals surface area contributed by atoms with Crippen molar-refractivity contribution in [2.45, 2.75) is 13.3 Å². The molecule has 0 saturated heterocycles. The largest absolute Gasteiger partial charge is 1.00 e. The first-order valence-corrected chi connectivity index (χ1v) is 1.47. The van der Waals surface area contributed by atoms with E-state index in [9.17, 15) is 9.90 Å². The van der Waals surface area contributed by atoms with E-state index in [4.69, 9.17) is 0 Å². The molecule has 0 saturated carbocycles. The van der Waals surface area contributed by atoms with E-state index in [0.717, 1.165) is 0 Å². The van der Waals surface area contributed by atoms with Gasteiger partial charge in [0.15, 0.2) is 0 Å². The minimum absolute atomic E-state index is 0. The Kier molecular flexibility index (Phi) is 22.9. The van der Waals surface area contributed by atoms with Gasteiger partial charge in [-0.2, -0.15) is 0 Å². The van der Waals surface area contributed by atoms with E-state index < -0.39 is 5.97 Å². The summed E-state index contributed by atoms with van der Waals surface area (Å²) in [5.41, 5.74) is 0. The van der Waals surface area contributed by atoms with E-state index in [1.165, 1.54) is 6.92 Å².